The van der Waals surface area contributed by atoms with E-state index in [-0.39, 0.29) is 63.6 Å². The molecule has 6 heteroatoms. The molecule has 0 aromatic rings. The highest BCUT2D eigenvalue weighted by atomic mass is 16.6. The van der Waals surface area contributed by atoms with Crippen molar-refractivity contribution in [1.29, 1.82) is 0 Å². The summed E-state index contributed by atoms with van der Waals surface area (Å²) in [6, 6.07) is 0. The van der Waals surface area contributed by atoms with Crippen LogP contribution in [0.15, 0.2) is 0 Å². The molecule has 0 aliphatic heterocycles. The molecule has 4 unspecified atom stereocenters. The van der Waals surface area contributed by atoms with Gasteiger partial charge in [0.1, 0.15) is 17.8 Å². The summed E-state index contributed by atoms with van der Waals surface area (Å²) >= 11 is 0. The predicted octanol–water partition coefficient (Wildman–Crippen LogP) is 7.27. The number of esters is 3. The largest absolute Gasteiger partial charge is 0.462 e. The summed E-state index contributed by atoms with van der Waals surface area (Å²) in [6.45, 7) is 20.9. The summed E-state index contributed by atoms with van der Waals surface area (Å²) in [7, 11) is 0. The Bertz CT molecular complexity index is 989. The zero-order valence-electron chi connectivity index (χ0n) is 26.3. The number of fused-ring (bicyclic) bond motifs is 5. The third-order valence-corrected chi connectivity index (χ3v) is 12.8. The zero-order chi connectivity index (χ0) is 29.2. The van der Waals surface area contributed by atoms with Crippen LogP contribution in [0.5, 0.6) is 0 Å². The molecule has 4 saturated carbocycles. The molecule has 4 fully saturated rings. The second-order valence-electron chi connectivity index (χ2n) is 15.2. The first-order valence-corrected chi connectivity index (χ1v) is 15.5. The average molecular weight is 547 g/mol. The molecule has 4 aliphatic carbocycles. The van der Waals surface area contributed by atoms with Crippen LogP contribution in [0, 0.1) is 45.3 Å². The van der Waals surface area contributed by atoms with Crippen molar-refractivity contribution in [2.75, 3.05) is 0 Å². The maximum Gasteiger partial charge on any atom is 0.303 e. The lowest BCUT2D eigenvalue weighted by Crippen LogP contribution is -2.67. The fraction of sp³-hybridized carbons (Fsp3) is 0.909. The highest BCUT2D eigenvalue weighted by Crippen LogP contribution is 2.76. The highest BCUT2D eigenvalue weighted by molar-refractivity contribution is 5.67. The first-order chi connectivity index (χ1) is 18.0. The Morgan fingerprint density at radius 3 is 1.97 bits per heavy atom. The van der Waals surface area contributed by atoms with Crippen LogP contribution in [-0.4, -0.2) is 35.7 Å². The number of carbonyl (C=O) groups is 3. The molecule has 0 heterocycles. The Kier molecular flexibility index (Phi) is 7.82. The lowest BCUT2D eigenvalue weighted by molar-refractivity contribution is -0.253. The zero-order valence-corrected chi connectivity index (χ0v) is 26.3. The van der Waals surface area contributed by atoms with Gasteiger partial charge in [0.2, 0.25) is 0 Å². The van der Waals surface area contributed by atoms with E-state index < -0.39 is 5.60 Å². The molecule has 0 N–H and O–H groups in total. The van der Waals surface area contributed by atoms with Crippen molar-refractivity contribution in [1.82, 2.24) is 0 Å². The van der Waals surface area contributed by atoms with Gasteiger partial charge in [-0.1, -0.05) is 48.0 Å². The minimum Gasteiger partial charge on any atom is -0.462 e. The monoisotopic (exact) mass is 546 g/mol. The number of rotatable bonds is 6. The summed E-state index contributed by atoms with van der Waals surface area (Å²) in [5, 5.41) is 0. The van der Waals surface area contributed by atoms with Crippen LogP contribution >= 0.6 is 0 Å². The van der Waals surface area contributed by atoms with Gasteiger partial charge in [0.25, 0.3) is 0 Å². The molecule has 4 aliphatic rings. The molecule has 0 aromatic carbocycles. The van der Waals surface area contributed by atoms with Crippen molar-refractivity contribution in [3.05, 3.63) is 0 Å². The average Bonchev–Trinajstić information content (AvgIpc) is 3.17. The van der Waals surface area contributed by atoms with Crippen LogP contribution in [0.1, 0.15) is 127 Å². The molecule has 10 atom stereocenters. The number of hydrogen-bond acceptors (Lipinski definition) is 6. The molecule has 4 rings (SSSR count). The van der Waals surface area contributed by atoms with E-state index in [1.807, 2.05) is 0 Å². The Hall–Kier alpha value is -1.59. The lowest BCUT2D eigenvalue weighted by Gasteiger charge is -2.70. The Morgan fingerprint density at radius 2 is 1.41 bits per heavy atom. The highest BCUT2D eigenvalue weighted by Gasteiger charge is 2.72. The molecule has 0 bridgehead atoms. The van der Waals surface area contributed by atoms with Crippen molar-refractivity contribution in [3.63, 3.8) is 0 Å². The van der Waals surface area contributed by atoms with Crippen LogP contribution in [0.2, 0.25) is 0 Å². The standard InChI is InChI=1S/C33H54O6/c1-11-15-33(10,39-22(4)36)23-12-17-32(9)28(23)24(37-20(2)34)19-26-30(7)16-14-27(38-21(3)35)29(5,6)25(30)13-18-31(26,32)8/h23-28H,11-19H2,1-10H3/t23?,24?,25?,26?,27-,28-,30-,31+,32+,33-/m0/s1. The third kappa shape index (κ3) is 4.64. The smallest absolute Gasteiger partial charge is 0.303 e. The molecule has 6 nitrogen and oxygen atoms in total. The van der Waals surface area contributed by atoms with E-state index in [2.05, 4.69) is 48.5 Å². The molecule has 0 spiro atoms. The van der Waals surface area contributed by atoms with E-state index in [9.17, 15) is 14.4 Å². The van der Waals surface area contributed by atoms with Crippen LogP contribution in [0.25, 0.3) is 0 Å². The van der Waals surface area contributed by atoms with Crippen molar-refractivity contribution in [3.8, 4) is 0 Å². The van der Waals surface area contributed by atoms with Gasteiger partial charge in [-0.05, 0) is 86.4 Å². The van der Waals surface area contributed by atoms with Crippen LogP contribution in [0.4, 0.5) is 0 Å². The van der Waals surface area contributed by atoms with Gasteiger partial charge in [-0.25, -0.2) is 0 Å². The summed E-state index contributed by atoms with van der Waals surface area (Å²) in [6.07, 6.45) is 8.44. The number of hydrogen-bond donors (Lipinski definition) is 0. The quantitative estimate of drug-likeness (QED) is 0.258. The molecular formula is C33H54O6. The van der Waals surface area contributed by atoms with Gasteiger partial charge in [0.15, 0.2) is 0 Å². The molecular weight excluding hydrogens is 492 g/mol. The van der Waals surface area contributed by atoms with E-state index in [4.69, 9.17) is 14.2 Å². The first kappa shape index (κ1) is 30.4. The van der Waals surface area contributed by atoms with E-state index in [1.165, 1.54) is 20.8 Å². The second-order valence-corrected chi connectivity index (χ2v) is 15.2. The fourth-order valence-electron chi connectivity index (χ4n) is 11.3. The van der Waals surface area contributed by atoms with Crippen LogP contribution in [-0.2, 0) is 28.6 Å². The normalized spacial score (nSPS) is 44.2. The maximum absolute atomic E-state index is 12.6. The van der Waals surface area contributed by atoms with Gasteiger partial charge in [0.05, 0.1) is 0 Å². The topological polar surface area (TPSA) is 78.9 Å². The summed E-state index contributed by atoms with van der Waals surface area (Å²) in [5.74, 6) is 0.445. The molecule has 0 amide bonds. The van der Waals surface area contributed by atoms with Crippen LogP contribution < -0.4 is 0 Å². The van der Waals surface area contributed by atoms with Gasteiger partial charge in [0, 0.05) is 38.0 Å². The SMILES string of the molecule is CCC[C@](C)(OC(C)=O)C1CC[C@]2(C)[C@@H]1C(OC(C)=O)CC1[C@@]3(C)CC[C@H](OC(C)=O)C(C)(C)C3CC[C@]12C. The van der Waals surface area contributed by atoms with Crippen molar-refractivity contribution < 1.29 is 28.6 Å². The molecule has 39 heavy (non-hydrogen) atoms. The van der Waals surface area contributed by atoms with Gasteiger partial charge < -0.3 is 14.2 Å². The Balaban J connectivity index is 1.78. The second kappa shape index (κ2) is 10.0. The van der Waals surface area contributed by atoms with E-state index >= 15 is 0 Å². The van der Waals surface area contributed by atoms with Crippen molar-refractivity contribution in [2.45, 2.75) is 145 Å². The molecule has 0 radical (unpaired) electrons. The van der Waals surface area contributed by atoms with Gasteiger partial charge in [-0.15, -0.1) is 0 Å². The minimum absolute atomic E-state index is 0.0410. The van der Waals surface area contributed by atoms with Crippen molar-refractivity contribution in [2.24, 2.45) is 45.3 Å². The van der Waals surface area contributed by atoms with Gasteiger partial charge in [-0.3, -0.25) is 14.4 Å². The number of carbonyl (C=O) groups excluding carboxylic acids is 3. The molecule has 0 saturated heterocycles. The van der Waals surface area contributed by atoms with Crippen molar-refractivity contribution >= 4 is 17.9 Å². The first-order valence-electron chi connectivity index (χ1n) is 15.5. The summed E-state index contributed by atoms with van der Waals surface area (Å²) in [5.41, 5.74) is -0.610. The van der Waals surface area contributed by atoms with Crippen LogP contribution in [0.3, 0.4) is 0 Å². The van der Waals surface area contributed by atoms with E-state index in [0.29, 0.717) is 11.8 Å². The maximum atomic E-state index is 12.6. The number of ether oxygens (including phenoxy) is 3. The van der Waals surface area contributed by atoms with E-state index in [1.54, 1.807) is 0 Å². The van der Waals surface area contributed by atoms with Gasteiger partial charge in [-0.2, -0.15) is 0 Å². The predicted molar refractivity (Wildman–Crippen MR) is 151 cm³/mol. The Labute approximate surface area is 236 Å². The third-order valence-electron chi connectivity index (χ3n) is 12.8. The summed E-state index contributed by atoms with van der Waals surface area (Å²) in [4.78, 5) is 36.8. The Morgan fingerprint density at radius 1 is 0.795 bits per heavy atom. The molecule has 222 valence electrons. The fourth-order valence-corrected chi connectivity index (χ4v) is 11.3. The minimum atomic E-state index is -0.574. The van der Waals surface area contributed by atoms with Gasteiger partial charge >= 0.3 is 17.9 Å². The lowest BCUT2D eigenvalue weighted by atomic mass is 9.35. The summed E-state index contributed by atoms with van der Waals surface area (Å²) < 4.78 is 18.3. The molecule has 0 aromatic heterocycles. The van der Waals surface area contributed by atoms with E-state index in [0.717, 1.165) is 57.8 Å².